The molecule has 3 rings (SSSR count). The molecule has 0 heterocycles. The molecule has 2 aliphatic carbocycles. The molecule has 1 nitrogen and oxygen atoms in total. The molecule has 2 fully saturated rings. The predicted octanol–water partition coefficient (Wildman–Crippen LogP) is 9.38. The second kappa shape index (κ2) is 14.2. The standard InChI is InChI=1S/C30H50O/c1-3-5-7-9-25-12-18-28(19-13-25)29-20-14-26(15-21-29)10-11-27-16-22-30(23-17-27)31-24-8-6-4-2/h16-17,22-23,25-26,28-29H,3-15,18-21,24H2,1-2H3/t25-,26-,28-,29-. The highest BCUT2D eigenvalue weighted by Crippen LogP contribution is 2.43. The van der Waals surface area contributed by atoms with Crippen LogP contribution in [-0.4, -0.2) is 6.61 Å². The maximum atomic E-state index is 5.86. The summed E-state index contributed by atoms with van der Waals surface area (Å²) >= 11 is 0. The first kappa shape index (κ1) is 24.7. The topological polar surface area (TPSA) is 9.23 Å². The summed E-state index contributed by atoms with van der Waals surface area (Å²) in [6, 6.07) is 8.94. The van der Waals surface area contributed by atoms with Gasteiger partial charge in [-0.1, -0.05) is 90.2 Å². The van der Waals surface area contributed by atoms with Crippen LogP contribution in [0.4, 0.5) is 0 Å². The first-order valence-electron chi connectivity index (χ1n) is 14.0. The lowest BCUT2D eigenvalue weighted by Crippen LogP contribution is -2.26. The van der Waals surface area contributed by atoms with Crippen molar-refractivity contribution in [1.82, 2.24) is 0 Å². The lowest BCUT2D eigenvalue weighted by molar-refractivity contribution is 0.140. The van der Waals surface area contributed by atoms with Gasteiger partial charge in [0.1, 0.15) is 5.75 Å². The number of hydrogen-bond donors (Lipinski definition) is 0. The van der Waals surface area contributed by atoms with Crippen LogP contribution in [0.5, 0.6) is 5.75 Å². The van der Waals surface area contributed by atoms with Gasteiger partial charge in [-0.25, -0.2) is 0 Å². The maximum absolute atomic E-state index is 5.86. The van der Waals surface area contributed by atoms with E-state index in [0.29, 0.717) is 0 Å². The zero-order valence-electron chi connectivity index (χ0n) is 20.8. The Bertz CT molecular complexity index is 561. The van der Waals surface area contributed by atoms with Crippen molar-refractivity contribution in [1.29, 1.82) is 0 Å². The molecule has 0 amide bonds. The second-order valence-corrected chi connectivity index (χ2v) is 10.8. The maximum Gasteiger partial charge on any atom is 0.119 e. The Morgan fingerprint density at radius 1 is 0.645 bits per heavy atom. The van der Waals surface area contributed by atoms with Crippen LogP contribution in [0.25, 0.3) is 0 Å². The number of benzene rings is 1. The molecule has 1 heteroatoms. The summed E-state index contributed by atoms with van der Waals surface area (Å²) in [4.78, 5) is 0. The van der Waals surface area contributed by atoms with E-state index in [2.05, 4.69) is 38.1 Å². The van der Waals surface area contributed by atoms with Gasteiger partial charge < -0.3 is 4.74 Å². The average Bonchev–Trinajstić information content (AvgIpc) is 2.82. The average molecular weight is 427 g/mol. The van der Waals surface area contributed by atoms with Crippen LogP contribution < -0.4 is 4.74 Å². The molecule has 0 atom stereocenters. The highest BCUT2D eigenvalue weighted by molar-refractivity contribution is 5.27. The van der Waals surface area contributed by atoms with E-state index in [1.807, 2.05) is 0 Å². The third kappa shape index (κ3) is 8.82. The third-order valence-corrected chi connectivity index (χ3v) is 8.45. The number of ether oxygens (including phenoxy) is 1. The Labute approximate surface area is 193 Å². The predicted molar refractivity (Wildman–Crippen MR) is 135 cm³/mol. The molecular formula is C30H50O. The van der Waals surface area contributed by atoms with E-state index < -0.39 is 0 Å². The number of unbranched alkanes of at least 4 members (excludes halogenated alkanes) is 4. The zero-order valence-corrected chi connectivity index (χ0v) is 20.8. The molecule has 0 aliphatic heterocycles. The fourth-order valence-corrected chi connectivity index (χ4v) is 6.24. The van der Waals surface area contributed by atoms with E-state index in [4.69, 9.17) is 4.74 Å². The SMILES string of the molecule is CCCCCOc1ccc(CC[C@H]2CC[C@H]([C@H]3CC[C@H](CCCCC)CC3)CC2)cc1. The molecule has 0 saturated heterocycles. The van der Waals surface area contributed by atoms with Gasteiger partial charge in [-0.05, 0) is 86.3 Å². The van der Waals surface area contributed by atoms with Crippen LogP contribution in [0.1, 0.15) is 122 Å². The van der Waals surface area contributed by atoms with Crippen LogP contribution >= 0.6 is 0 Å². The van der Waals surface area contributed by atoms with Crippen molar-refractivity contribution in [3.63, 3.8) is 0 Å². The third-order valence-electron chi connectivity index (χ3n) is 8.45. The second-order valence-electron chi connectivity index (χ2n) is 10.8. The number of aryl methyl sites for hydroxylation is 1. The molecule has 0 radical (unpaired) electrons. The number of rotatable bonds is 13. The van der Waals surface area contributed by atoms with Crippen molar-refractivity contribution in [3.8, 4) is 5.75 Å². The smallest absolute Gasteiger partial charge is 0.119 e. The summed E-state index contributed by atoms with van der Waals surface area (Å²) in [6.07, 6.45) is 24.3. The molecule has 1 aromatic carbocycles. The van der Waals surface area contributed by atoms with Gasteiger partial charge in [-0.3, -0.25) is 0 Å². The Balaban J connectivity index is 1.28. The normalized spacial score (nSPS) is 26.6. The molecule has 0 spiro atoms. The first-order chi connectivity index (χ1) is 15.3. The molecule has 176 valence electrons. The zero-order chi connectivity index (χ0) is 21.7. The van der Waals surface area contributed by atoms with Gasteiger partial charge in [0.05, 0.1) is 6.61 Å². The van der Waals surface area contributed by atoms with E-state index >= 15 is 0 Å². The summed E-state index contributed by atoms with van der Waals surface area (Å²) in [5, 5.41) is 0. The monoisotopic (exact) mass is 426 g/mol. The van der Waals surface area contributed by atoms with Gasteiger partial charge in [0.25, 0.3) is 0 Å². The fourth-order valence-electron chi connectivity index (χ4n) is 6.24. The molecule has 0 unspecified atom stereocenters. The molecule has 0 aromatic heterocycles. The molecule has 31 heavy (non-hydrogen) atoms. The minimum absolute atomic E-state index is 0.858. The van der Waals surface area contributed by atoms with Gasteiger partial charge >= 0.3 is 0 Å². The highest BCUT2D eigenvalue weighted by Gasteiger charge is 2.30. The minimum atomic E-state index is 0.858. The van der Waals surface area contributed by atoms with E-state index in [1.54, 1.807) is 12.8 Å². The van der Waals surface area contributed by atoms with Gasteiger partial charge in [0, 0.05) is 0 Å². The van der Waals surface area contributed by atoms with E-state index in [-0.39, 0.29) is 0 Å². The van der Waals surface area contributed by atoms with Crippen LogP contribution in [0, 0.1) is 23.7 Å². The number of hydrogen-bond acceptors (Lipinski definition) is 1. The lowest BCUT2D eigenvalue weighted by Gasteiger charge is -2.38. The van der Waals surface area contributed by atoms with E-state index in [0.717, 1.165) is 36.0 Å². The van der Waals surface area contributed by atoms with Crippen LogP contribution in [0.15, 0.2) is 24.3 Å². The van der Waals surface area contributed by atoms with Crippen molar-refractivity contribution in [2.24, 2.45) is 23.7 Å². The van der Waals surface area contributed by atoms with Crippen molar-refractivity contribution in [3.05, 3.63) is 29.8 Å². The lowest BCUT2D eigenvalue weighted by atomic mass is 9.68. The fraction of sp³-hybridized carbons (Fsp3) is 0.800. The van der Waals surface area contributed by atoms with Gasteiger partial charge in [0.2, 0.25) is 0 Å². The van der Waals surface area contributed by atoms with Gasteiger partial charge in [-0.2, -0.15) is 0 Å². The summed E-state index contributed by atoms with van der Waals surface area (Å²) in [7, 11) is 0. The Kier molecular flexibility index (Phi) is 11.3. The molecule has 2 aliphatic rings. The van der Waals surface area contributed by atoms with Gasteiger partial charge in [0.15, 0.2) is 0 Å². The molecule has 0 bridgehead atoms. The largest absolute Gasteiger partial charge is 0.494 e. The van der Waals surface area contributed by atoms with Crippen molar-refractivity contribution in [2.75, 3.05) is 6.61 Å². The summed E-state index contributed by atoms with van der Waals surface area (Å²) in [5.74, 6) is 5.18. The van der Waals surface area contributed by atoms with E-state index in [9.17, 15) is 0 Å². The molecule has 0 N–H and O–H groups in total. The Hall–Kier alpha value is -0.980. The van der Waals surface area contributed by atoms with Crippen LogP contribution in [0.2, 0.25) is 0 Å². The summed E-state index contributed by atoms with van der Waals surface area (Å²) in [5.41, 5.74) is 1.49. The summed E-state index contributed by atoms with van der Waals surface area (Å²) in [6.45, 7) is 5.42. The first-order valence-corrected chi connectivity index (χ1v) is 14.0. The molecular weight excluding hydrogens is 376 g/mol. The molecule has 2 saturated carbocycles. The van der Waals surface area contributed by atoms with Crippen LogP contribution in [-0.2, 0) is 6.42 Å². The van der Waals surface area contributed by atoms with Crippen molar-refractivity contribution in [2.45, 2.75) is 123 Å². The Morgan fingerprint density at radius 2 is 1.19 bits per heavy atom. The van der Waals surface area contributed by atoms with Crippen LogP contribution in [0.3, 0.4) is 0 Å². The quantitative estimate of drug-likeness (QED) is 0.285. The van der Waals surface area contributed by atoms with Gasteiger partial charge in [-0.15, -0.1) is 0 Å². The van der Waals surface area contributed by atoms with E-state index in [1.165, 1.54) is 102 Å². The molecule has 1 aromatic rings. The Morgan fingerprint density at radius 3 is 1.77 bits per heavy atom. The van der Waals surface area contributed by atoms with Crippen molar-refractivity contribution >= 4 is 0 Å². The minimum Gasteiger partial charge on any atom is -0.494 e. The van der Waals surface area contributed by atoms with Crippen molar-refractivity contribution < 1.29 is 4.74 Å². The summed E-state index contributed by atoms with van der Waals surface area (Å²) < 4.78 is 5.86. The highest BCUT2D eigenvalue weighted by atomic mass is 16.5.